The maximum absolute atomic E-state index is 6.03. The van der Waals surface area contributed by atoms with Gasteiger partial charge >= 0.3 is 0 Å². The van der Waals surface area contributed by atoms with Crippen LogP contribution in [0.2, 0.25) is 0 Å². The number of anilines is 1. The van der Waals surface area contributed by atoms with E-state index in [1.807, 2.05) is 24.3 Å². The van der Waals surface area contributed by atoms with Crippen LogP contribution in [-0.2, 0) is 19.4 Å². The average molecular weight is 393 g/mol. The van der Waals surface area contributed by atoms with E-state index in [1.54, 1.807) is 18.4 Å². The van der Waals surface area contributed by atoms with Gasteiger partial charge in [0, 0.05) is 10.6 Å². The molecule has 3 aromatic rings. The summed E-state index contributed by atoms with van der Waals surface area (Å²) in [4.78, 5) is 10.6. The summed E-state index contributed by atoms with van der Waals surface area (Å²) in [7, 11) is 1.65. The van der Waals surface area contributed by atoms with Crippen molar-refractivity contribution < 1.29 is 4.74 Å². The monoisotopic (exact) mass is 392 g/mol. The van der Waals surface area contributed by atoms with E-state index in [2.05, 4.69) is 40.6 Å². The predicted octanol–water partition coefficient (Wildman–Crippen LogP) is 4.35. The van der Waals surface area contributed by atoms with Crippen LogP contribution in [0, 0.1) is 0 Å². The van der Waals surface area contributed by atoms with Gasteiger partial charge in [-0.1, -0.05) is 30.3 Å². The number of thiazole rings is 1. The van der Waals surface area contributed by atoms with Crippen molar-refractivity contribution in [2.75, 3.05) is 12.4 Å². The van der Waals surface area contributed by atoms with Crippen LogP contribution in [0.1, 0.15) is 33.5 Å². The minimum Gasteiger partial charge on any atom is -0.497 e. The molecule has 144 valence electrons. The van der Waals surface area contributed by atoms with Crippen LogP contribution < -0.4 is 15.8 Å². The normalized spacial score (nSPS) is 16.5. The third-order valence-corrected chi connectivity index (χ3v) is 6.11. The Bertz CT molecular complexity index is 950. The van der Waals surface area contributed by atoms with Gasteiger partial charge in [0.1, 0.15) is 10.8 Å². The Morgan fingerprint density at radius 3 is 2.75 bits per heavy atom. The van der Waals surface area contributed by atoms with Crippen molar-refractivity contribution in [3.63, 3.8) is 0 Å². The number of aromatic nitrogens is 1. The Morgan fingerprint density at radius 1 is 1.21 bits per heavy atom. The molecule has 1 heterocycles. The van der Waals surface area contributed by atoms with Crippen LogP contribution in [0.5, 0.6) is 5.75 Å². The molecule has 0 aliphatic heterocycles. The van der Waals surface area contributed by atoms with Crippen LogP contribution >= 0.6 is 11.3 Å². The van der Waals surface area contributed by atoms with Crippen LogP contribution in [-0.4, -0.2) is 18.1 Å². The van der Waals surface area contributed by atoms with Gasteiger partial charge < -0.3 is 15.8 Å². The number of nitrogens with zero attached hydrogens (tertiary/aromatic N) is 2. The summed E-state index contributed by atoms with van der Waals surface area (Å²) in [5, 5.41) is 4.13. The Kier molecular flexibility index (Phi) is 5.58. The number of hydrogen-bond acceptors (Lipinski definition) is 4. The van der Waals surface area contributed by atoms with Crippen LogP contribution in [0.15, 0.2) is 59.6 Å². The summed E-state index contributed by atoms with van der Waals surface area (Å²) in [5.74, 6) is 1.79. The second-order valence-corrected chi connectivity index (χ2v) is 8.05. The summed E-state index contributed by atoms with van der Waals surface area (Å²) in [6.07, 6.45) is 3.26. The first kappa shape index (κ1) is 18.5. The van der Waals surface area contributed by atoms with Gasteiger partial charge in [0.05, 0.1) is 19.3 Å². The quantitative estimate of drug-likeness (QED) is 0.500. The van der Waals surface area contributed by atoms with Gasteiger partial charge in [-0.25, -0.2) is 9.98 Å². The first-order valence-electron chi connectivity index (χ1n) is 9.44. The smallest absolute Gasteiger partial charge is 0.193 e. The molecule has 5 nitrogen and oxygen atoms in total. The number of benzene rings is 2. The highest BCUT2D eigenvalue weighted by Crippen LogP contribution is 2.35. The number of fused-ring (bicyclic) bond motifs is 1. The molecule has 1 atom stereocenters. The summed E-state index contributed by atoms with van der Waals surface area (Å²) < 4.78 is 5.16. The molecule has 1 unspecified atom stereocenters. The molecule has 1 aliphatic rings. The fourth-order valence-corrected chi connectivity index (χ4v) is 4.64. The van der Waals surface area contributed by atoms with Crippen LogP contribution in [0.4, 0.5) is 5.69 Å². The summed E-state index contributed by atoms with van der Waals surface area (Å²) >= 11 is 1.77. The van der Waals surface area contributed by atoms with E-state index in [0.717, 1.165) is 35.7 Å². The fraction of sp³-hybridized carbons (Fsp3) is 0.273. The number of nitrogens with two attached hydrogens (primary N) is 1. The lowest BCUT2D eigenvalue weighted by molar-refractivity contribution is 0.415. The zero-order valence-corrected chi connectivity index (χ0v) is 16.7. The van der Waals surface area contributed by atoms with Gasteiger partial charge in [0.25, 0.3) is 0 Å². The van der Waals surface area contributed by atoms with Crippen molar-refractivity contribution in [2.45, 2.75) is 31.7 Å². The number of methoxy groups -OCH3 is 1. The molecule has 0 spiro atoms. The third kappa shape index (κ3) is 4.34. The van der Waals surface area contributed by atoms with Crippen molar-refractivity contribution in [2.24, 2.45) is 10.7 Å². The molecule has 6 heteroatoms. The maximum atomic E-state index is 6.03. The van der Waals surface area contributed by atoms with Crippen molar-refractivity contribution in [3.8, 4) is 5.75 Å². The zero-order chi connectivity index (χ0) is 19.3. The second kappa shape index (κ2) is 8.44. The number of guanidine groups is 1. The molecule has 1 aromatic heterocycles. The fourth-order valence-electron chi connectivity index (χ4n) is 3.52. The molecule has 0 fully saturated rings. The topological polar surface area (TPSA) is 72.5 Å². The van der Waals surface area contributed by atoms with Gasteiger partial charge in [-0.3, -0.25) is 0 Å². The van der Waals surface area contributed by atoms with E-state index in [1.165, 1.54) is 16.1 Å². The minimum absolute atomic E-state index is 0.389. The highest BCUT2D eigenvalue weighted by atomic mass is 32.1. The Morgan fingerprint density at radius 2 is 2.00 bits per heavy atom. The first-order chi connectivity index (χ1) is 13.7. The lowest BCUT2D eigenvalue weighted by Gasteiger charge is -2.21. The molecule has 3 N–H and O–H groups in total. The predicted molar refractivity (Wildman–Crippen MR) is 115 cm³/mol. The molecule has 0 radical (unpaired) electrons. The minimum atomic E-state index is 0.389. The molecule has 0 saturated heterocycles. The number of rotatable bonds is 5. The molecule has 0 amide bonds. The third-order valence-electron chi connectivity index (χ3n) is 5.00. The molecule has 28 heavy (non-hydrogen) atoms. The summed E-state index contributed by atoms with van der Waals surface area (Å²) in [5.41, 5.74) is 9.57. The number of hydrogen-bond donors (Lipinski definition) is 2. The number of ether oxygens (including phenoxy) is 1. The van der Waals surface area contributed by atoms with Gasteiger partial charge in [0.2, 0.25) is 0 Å². The summed E-state index contributed by atoms with van der Waals surface area (Å²) in [6, 6.07) is 18.4. The van der Waals surface area contributed by atoms with Gasteiger partial charge in [0.15, 0.2) is 5.96 Å². The second-order valence-electron chi connectivity index (χ2n) is 6.88. The molecule has 1 aliphatic carbocycles. The number of aliphatic imine (C=N–C) groups is 1. The van der Waals surface area contributed by atoms with E-state index in [0.29, 0.717) is 18.4 Å². The van der Waals surface area contributed by atoms with Crippen LogP contribution in [0.3, 0.4) is 0 Å². The molecular weight excluding hydrogens is 368 g/mol. The number of aryl methyl sites for hydroxylation is 1. The van der Waals surface area contributed by atoms with Crippen molar-refractivity contribution in [1.29, 1.82) is 0 Å². The van der Waals surface area contributed by atoms with Gasteiger partial charge in [-0.05, 0) is 55.0 Å². The Labute approximate surface area is 169 Å². The van der Waals surface area contributed by atoms with E-state index in [4.69, 9.17) is 15.5 Å². The highest BCUT2D eigenvalue weighted by molar-refractivity contribution is 7.11. The Balaban J connectivity index is 1.38. The van der Waals surface area contributed by atoms with E-state index in [-0.39, 0.29) is 0 Å². The van der Waals surface area contributed by atoms with Gasteiger partial charge in [-0.2, -0.15) is 0 Å². The lowest BCUT2D eigenvalue weighted by Crippen LogP contribution is -2.22. The largest absolute Gasteiger partial charge is 0.497 e. The van der Waals surface area contributed by atoms with E-state index in [9.17, 15) is 0 Å². The van der Waals surface area contributed by atoms with Crippen molar-refractivity contribution in [3.05, 3.63) is 75.7 Å². The maximum Gasteiger partial charge on any atom is 0.193 e. The van der Waals surface area contributed by atoms with Crippen LogP contribution in [0.25, 0.3) is 0 Å². The van der Waals surface area contributed by atoms with Gasteiger partial charge in [-0.15, -0.1) is 11.3 Å². The zero-order valence-electron chi connectivity index (χ0n) is 15.9. The van der Waals surface area contributed by atoms with Crippen molar-refractivity contribution >= 4 is 23.0 Å². The summed E-state index contributed by atoms with van der Waals surface area (Å²) in [6.45, 7) is 0.503. The average Bonchev–Trinajstić information content (AvgIpc) is 3.16. The molecular formula is C22H24N4OS. The molecule has 0 saturated carbocycles. The lowest BCUT2D eigenvalue weighted by atomic mass is 9.85. The molecule has 2 aromatic carbocycles. The Hall–Kier alpha value is -2.86. The number of nitrogens with one attached hydrogen (secondary N) is 1. The first-order valence-corrected chi connectivity index (χ1v) is 10.3. The SMILES string of the molecule is COc1ccc(NC(N)=NCc2nc3c(s2)CC(c2ccccc2)CC3)cc1. The molecule has 4 rings (SSSR count). The highest BCUT2D eigenvalue weighted by Gasteiger charge is 2.23. The van der Waals surface area contributed by atoms with Crippen molar-refractivity contribution in [1.82, 2.24) is 4.98 Å². The van der Waals surface area contributed by atoms with E-state index < -0.39 is 0 Å². The molecule has 0 bridgehead atoms. The standard InChI is InChI=1S/C22H24N4OS/c1-27-18-10-8-17(9-11-18)25-22(23)24-14-21-26-19-12-7-16(13-20(19)28-21)15-5-3-2-4-6-15/h2-6,8-11,16H,7,12-14H2,1H3,(H3,23,24,25). The van der Waals surface area contributed by atoms with E-state index >= 15 is 0 Å².